The molecule has 0 bridgehead atoms. The molecule has 1 heterocycles. The summed E-state index contributed by atoms with van der Waals surface area (Å²) in [7, 11) is 0. The summed E-state index contributed by atoms with van der Waals surface area (Å²) < 4.78 is 0. The Morgan fingerprint density at radius 3 is 2.68 bits per heavy atom. The van der Waals surface area contributed by atoms with Crippen molar-refractivity contribution in [1.29, 1.82) is 0 Å². The third-order valence-electron chi connectivity index (χ3n) is 4.58. The second-order valence-electron chi connectivity index (χ2n) is 5.72. The Labute approximate surface area is 117 Å². The van der Waals surface area contributed by atoms with Crippen LogP contribution in [0, 0.1) is 5.92 Å². The van der Waals surface area contributed by atoms with Gasteiger partial charge in [-0.1, -0.05) is 38.5 Å². The highest BCUT2D eigenvalue weighted by Crippen LogP contribution is 2.33. The Morgan fingerprint density at radius 2 is 2.00 bits per heavy atom. The predicted octanol–water partition coefficient (Wildman–Crippen LogP) is 4.36. The summed E-state index contributed by atoms with van der Waals surface area (Å²) in [5.74, 6) is 1.34. The van der Waals surface area contributed by atoms with Gasteiger partial charge in [-0.15, -0.1) is 0 Å². The first kappa shape index (κ1) is 14.4. The monoisotopic (exact) mass is 261 g/mol. The summed E-state index contributed by atoms with van der Waals surface area (Å²) in [5, 5.41) is 10.1. The van der Waals surface area contributed by atoms with E-state index in [1.54, 1.807) is 0 Å². The summed E-state index contributed by atoms with van der Waals surface area (Å²) in [6.07, 6.45) is 6.34. The minimum absolute atomic E-state index is 0.372. The van der Waals surface area contributed by atoms with E-state index >= 15 is 0 Å². The SMILES string of the molecule is CCC1CCCN(C(CC)c2ccccc2O)CC1. The van der Waals surface area contributed by atoms with Gasteiger partial charge in [-0.3, -0.25) is 4.90 Å². The molecule has 1 fully saturated rings. The molecule has 2 atom stereocenters. The Morgan fingerprint density at radius 1 is 1.21 bits per heavy atom. The normalized spacial score (nSPS) is 22.9. The van der Waals surface area contributed by atoms with Gasteiger partial charge in [0.05, 0.1) is 0 Å². The first-order valence-electron chi connectivity index (χ1n) is 7.78. The van der Waals surface area contributed by atoms with Gasteiger partial charge in [0, 0.05) is 11.6 Å². The van der Waals surface area contributed by atoms with Crippen molar-refractivity contribution in [1.82, 2.24) is 4.90 Å². The van der Waals surface area contributed by atoms with E-state index in [1.165, 1.54) is 38.8 Å². The van der Waals surface area contributed by atoms with Crippen LogP contribution in [0.25, 0.3) is 0 Å². The van der Waals surface area contributed by atoms with Crippen molar-refractivity contribution in [2.24, 2.45) is 5.92 Å². The van der Waals surface area contributed by atoms with Crippen LogP contribution in [0.4, 0.5) is 0 Å². The van der Waals surface area contributed by atoms with E-state index in [4.69, 9.17) is 0 Å². The Kier molecular flexibility index (Phi) is 5.26. The van der Waals surface area contributed by atoms with Crippen LogP contribution >= 0.6 is 0 Å². The molecule has 1 aromatic rings. The number of benzene rings is 1. The molecule has 0 spiro atoms. The zero-order chi connectivity index (χ0) is 13.7. The standard InChI is InChI=1S/C17H27NO/c1-3-14-8-7-12-18(13-11-14)16(4-2)15-9-5-6-10-17(15)19/h5-6,9-10,14,16,19H,3-4,7-8,11-13H2,1-2H3. The predicted molar refractivity (Wildman–Crippen MR) is 80.3 cm³/mol. The molecule has 0 radical (unpaired) electrons. The zero-order valence-corrected chi connectivity index (χ0v) is 12.3. The van der Waals surface area contributed by atoms with Gasteiger partial charge >= 0.3 is 0 Å². The van der Waals surface area contributed by atoms with Crippen molar-refractivity contribution in [3.8, 4) is 5.75 Å². The van der Waals surface area contributed by atoms with E-state index in [0.717, 1.165) is 17.9 Å². The minimum Gasteiger partial charge on any atom is -0.508 e. The van der Waals surface area contributed by atoms with Crippen LogP contribution < -0.4 is 0 Å². The van der Waals surface area contributed by atoms with Crippen LogP contribution in [0.15, 0.2) is 24.3 Å². The lowest BCUT2D eigenvalue weighted by atomic mass is 9.98. The lowest BCUT2D eigenvalue weighted by molar-refractivity contribution is 0.193. The molecule has 2 heteroatoms. The first-order valence-corrected chi connectivity index (χ1v) is 7.78. The van der Waals surface area contributed by atoms with Crippen LogP contribution in [-0.2, 0) is 0 Å². The van der Waals surface area contributed by atoms with Crippen LogP contribution in [0.1, 0.15) is 57.6 Å². The summed E-state index contributed by atoms with van der Waals surface area (Å²) >= 11 is 0. The van der Waals surface area contributed by atoms with Gasteiger partial charge in [0.2, 0.25) is 0 Å². The largest absolute Gasteiger partial charge is 0.508 e. The third-order valence-corrected chi connectivity index (χ3v) is 4.58. The fraction of sp³-hybridized carbons (Fsp3) is 0.647. The lowest BCUT2D eigenvalue weighted by Crippen LogP contribution is -2.29. The van der Waals surface area contributed by atoms with Crippen molar-refractivity contribution in [3.05, 3.63) is 29.8 Å². The molecule has 0 saturated carbocycles. The van der Waals surface area contributed by atoms with E-state index < -0.39 is 0 Å². The number of phenols is 1. The lowest BCUT2D eigenvalue weighted by Gasteiger charge is -2.30. The highest BCUT2D eigenvalue weighted by molar-refractivity contribution is 5.34. The third kappa shape index (κ3) is 3.50. The quantitative estimate of drug-likeness (QED) is 0.870. The molecule has 106 valence electrons. The smallest absolute Gasteiger partial charge is 0.120 e. The van der Waals surface area contributed by atoms with E-state index in [2.05, 4.69) is 24.8 Å². The van der Waals surface area contributed by atoms with Crippen molar-refractivity contribution >= 4 is 0 Å². The van der Waals surface area contributed by atoms with Gasteiger partial charge in [-0.2, -0.15) is 0 Å². The molecule has 2 unspecified atom stereocenters. The zero-order valence-electron chi connectivity index (χ0n) is 12.3. The van der Waals surface area contributed by atoms with Crippen LogP contribution in [-0.4, -0.2) is 23.1 Å². The van der Waals surface area contributed by atoms with Crippen LogP contribution in [0.5, 0.6) is 5.75 Å². The molecule has 2 rings (SSSR count). The first-order chi connectivity index (χ1) is 9.26. The second kappa shape index (κ2) is 6.95. The number of rotatable bonds is 4. The molecule has 1 aromatic carbocycles. The van der Waals surface area contributed by atoms with Crippen LogP contribution in [0.3, 0.4) is 0 Å². The molecular formula is C17H27NO. The number of nitrogens with zero attached hydrogens (tertiary/aromatic N) is 1. The van der Waals surface area contributed by atoms with Gasteiger partial charge in [-0.25, -0.2) is 0 Å². The van der Waals surface area contributed by atoms with Crippen molar-refractivity contribution < 1.29 is 5.11 Å². The number of likely N-dealkylation sites (tertiary alicyclic amines) is 1. The van der Waals surface area contributed by atoms with E-state index in [9.17, 15) is 5.11 Å². The Balaban J connectivity index is 2.11. The molecule has 0 aliphatic carbocycles. The number of phenolic OH excluding ortho intramolecular Hbond substituents is 1. The average Bonchev–Trinajstić information content (AvgIpc) is 2.67. The number of para-hydroxylation sites is 1. The van der Waals surface area contributed by atoms with Gasteiger partial charge in [0.15, 0.2) is 0 Å². The fourth-order valence-electron chi connectivity index (χ4n) is 3.35. The summed E-state index contributed by atoms with van der Waals surface area (Å²) in [6.45, 7) is 6.87. The topological polar surface area (TPSA) is 23.5 Å². The molecular weight excluding hydrogens is 234 g/mol. The Hall–Kier alpha value is -1.02. The molecule has 19 heavy (non-hydrogen) atoms. The van der Waals surface area contributed by atoms with E-state index in [1.807, 2.05) is 18.2 Å². The van der Waals surface area contributed by atoms with Crippen molar-refractivity contribution in [3.63, 3.8) is 0 Å². The number of hydrogen-bond donors (Lipinski definition) is 1. The Bertz CT molecular complexity index is 391. The summed E-state index contributed by atoms with van der Waals surface area (Å²) in [4.78, 5) is 2.57. The van der Waals surface area contributed by atoms with E-state index in [-0.39, 0.29) is 0 Å². The maximum absolute atomic E-state index is 10.1. The highest BCUT2D eigenvalue weighted by Gasteiger charge is 2.24. The molecule has 1 aliphatic heterocycles. The van der Waals surface area contributed by atoms with Crippen molar-refractivity contribution in [2.45, 2.75) is 52.0 Å². The van der Waals surface area contributed by atoms with Gasteiger partial charge in [-0.05, 0) is 50.8 Å². The van der Waals surface area contributed by atoms with E-state index in [0.29, 0.717) is 11.8 Å². The molecule has 1 N–H and O–H groups in total. The second-order valence-corrected chi connectivity index (χ2v) is 5.72. The van der Waals surface area contributed by atoms with Crippen LogP contribution in [0.2, 0.25) is 0 Å². The van der Waals surface area contributed by atoms with Gasteiger partial charge in [0.1, 0.15) is 5.75 Å². The average molecular weight is 261 g/mol. The fourth-order valence-corrected chi connectivity index (χ4v) is 3.35. The van der Waals surface area contributed by atoms with Gasteiger partial charge in [0.25, 0.3) is 0 Å². The molecule has 0 aromatic heterocycles. The maximum Gasteiger partial charge on any atom is 0.120 e. The minimum atomic E-state index is 0.372. The summed E-state index contributed by atoms with van der Waals surface area (Å²) in [5.41, 5.74) is 1.10. The molecule has 1 saturated heterocycles. The highest BCUT2D eigenvalue weighted by atomic mass is 16.3. The number of hydrogen-bond acceptors (Lipinski definition) is 2. The number of aromatic hydroxyl groups is 1. The van der Waals surface area contributed by atoms with Gasteiger partial charge < -0.3 is 5.11 Å². The molecule has 1 aliphatic rings. The molecule has 2 nitrogen and oxygen atoms in total. The maximum atomic E-state index is 10.1. The summed E-state index contributed by atoms with van der Waals surface area (Å²) in [6, 6.07) is 8.19. The molecule has 0 amide bonds. The van der Waals surface area contributed by atoms with Crippen molar-refractivity contribution in [2.75, 3.05) is 13.1 Å².